The third-order valence-electron chi connectivity index (χ3n) is 3.09. The van der Waals surface area contributed by atoms with Crippen molar-refractivity contribution in [3.63, 3.8) is 0 Å². The zero-order chi connectivity index (χ0) is 14.1. The van der Waals surface area contributed by atoms with Crippen LogP contribution < -0.4 is 0 Å². The number of carbonyl (C=O) groups is 1. The zero-order valence-electron chi connectivity index (χ0n) is 10.8. The van der Waals surface area contributed by atoms with Crippen LogP contribution in [0, 0.1) is 0 Å². The zero-order valence-corrected chi connectivity index (χ0v) is 10.8. The van der Waals surface area contributed by atoms with E-state index in [-0.39, 0.29) is 11.6 Å². The molecule has 3 aromatic rings. The van der Waals surface area contributed by atoms with Crippen molar-refractivity contribution in [2.45, 2.75) is 13.3 Å². The summed E-state index contributed by atoms with van der Waals surface area (Å²) in [6.07, 6.45) is 2.57. The SMILES string of the molecule is CCc1ccc(-c2ccnc3nc(C(=O)O)nn23)cc1. The van der Waals surface area contributed by atoms with Gasteiger partial charge in [0.05, 0.1) is 5.69 Å². The Hall–Kier alpha value is -2.76. The van der Waals surface area contributed by atoms with E-state index >= 15 is 0 Å². The van der Waals surface area contributed by atoms with Gasteiger partial charge < -0.3 is 5.11 Å². The molecule has 6 heteroatoms. The lowest BCUT2D eigenvalue weighted by atomic mass is 10.1. The van der Waals surface area contributed by atoms with Crippen LogP contribution in [0.3, 0.4) is 0 Å². The van der Waals surface area contributed by atoms with Crippen molar-refractivity contribution in [3.8, 4) is 11.3 Å². The molecule has 3 rings (SSSR count). The highest BCUT2D eigenvalue weighted by Crippen LogP contribution is 2.19. The molecule has 0 fully saturated rings. The normalized spacial score (nSPS) is 10.8. The van der Waals surface area contributed by atoms with E-state index in [0.717, 1.165) is 17.7 Å². The van der Waals surface area contributed by atoms with Crippen LogP contribution >= 0.6 is 0 Å². The summed E-state index contributed by atoms with van der Waals surface area (Å²) in [4.78, 5) is 18.8. The van der Waals surface area contributed by atoms with Crippen molar-refractivity contribution in [2.24, 2.45) is 0 Å². The van der Waals surface area contributed by atoms with E-state index in [1.54, 1.807) is 12.3 Å². The number of benzene rings is 1. The van der Waals surface area contributed by atoms with Gasteiger partial charge in [0.1, 0.15) is 0 Å². The molecule has 0 atom stereocenters. The molecule has 0 bridgehead atoms. The molecule has 0 radical (unpaired) electrons. The van der Waals surface area contributed by atoms with E-state index in [9.17, 15) is 4.79 Å². The monoisotopic (exact) mass is 268 g/mol. The van der Waals surface area contributed by atoms with Crippen LogP contribution in [0.15, 0.2) is 36.5 Å². The minimum absolute atomic E-state index is 0.255. The molecular weight excluding hydrogens is 256 g/mol. The summed E-state index contributed by atoms with van der Waals surface area (Å²) >= 11 is 0. The predicted octanol–water partition coefficient (Wildman–Crippen LogP) is 2.05. The molecule has 20 heavy (non-hydrogen) atoms. The topological polar surface area (TPSA) is 80.4 Å². The first kappa shape index (κ1) is 12.3. The second-order valence-electron chi connectivity index (χ2n) is 4.33. The molecular formula is C14H12N4O2. The molecule has 0 aliphatic carbocycles. The molecule has 1 aromatic carbocycles. The van der Waals surface area contributed by atoms with Gasteiger partial charge in [-0.05, 0) is 18.1 Å². The smallest absolute Gasteiger partial charge is 0.375 e. The van der Waals surface area contributed by atoms with E-state index in [2.05, 4.69) is 22.0 Å². The lowest BCUT2D eigenvalue weighted by Crippen LogP contribution is -2.00. The van der Waals surface area contributed by atoms with E-state index in [4.69, 9.17) is 5.11 Å². The van der Waals surface area contributed by atoms with Crippen LogP contribution in [0.25, 0.3) is 17.0 Å². The van der Waals surface area contributed by atoms with Crippen LogP contribution in [-0.4, -0.2) is 30.7 Å². The summed E-state index contributed by atoms with van der Waals surface area (Å²) < 4.78 is 1.45. The number of rotatable bonds is 3. The third kappa shape index (κ3) is 2.01. The fraction of sp³-hybridized carbons (Fsp3) is 0.143. The Morgan fingerprint density at radius 2 is 2.00 bits per heavy atom. The number of carboxylic acids is 1. The van der Waals surface area contributed by atoms with E-state index in [1.807, 2.05) is 24.3 Å². The molecule has 0 unspecified atom stereocenters. The average Bonchev–Trinajstić information content (AvgIpc) is 2.91. The van der Waals surface area contributed by atoms with Gasteiger partial charge in [0.2, 0.25) is 0 Å². The van der Waals surface area contributed by atoms with E-state index < -0.39 is 5.97 Å². The predicted molar refractivity (Wildman–Crippen MR) is 72.6 cm³/mol. The van der Waals surface area contributed by atoms with Crippen LogP contribution in [0.5, 0.6) is 0 Å². The van der Waals surface area contributed by atoms with Gasteiger partial charge in [0.25, 0.3) is 11.6 Å². The first-order chi connectivity index (χ1) is 9.69. The molecule has 1 N–H and O–H groups in total. The highest BCUT2D eigenvalue weighted by molar-refractivity contribution is 5.83. The number of carboxylic acid groups (broad SMARTS) is 1. The number of hydrogen-bond acceptors (Lipinski definition) is 4. The van der Waals surface area contributed by atoms with E-state index in [1.165, 1.54) is 10.1 Å². The summed E-state index contributed by atoms with van der Waals surface area (Å²) in [5, 5.41) is 12.9. The molecule has 0 spiro atoms. The summed E-state index contributed by atoms with van der Waals surface area (Å²) in [5.41, 5.74) is 2.94. The van der Waals surface area contributed by atoms with E-state index in [0.29, 0.717) is 0 Å². The van der Waals surface area contributed by atoms with Crippen LogP contribution in [0.2, 0.25) is 0 Å². The van der Waals surface area contributed by atoms with Gasteiger partial charge in [-0.25, -0.2) is 9.78 Å². The number of fused-ring (bicyclic) bond motifs is 1. The molecule has 0 saturated carbocycles. The van der Waals surface area contributed by atoms with Crippen molar-refractivity contribution in [2.75, 3.05) is 0 Å². The van der Waals surface area contributed by atoms with Crippen LogP contribution in [-0.2, 0) is 6.42 Å². The quantitative estimate of drug-likeness (QED) is 0.786. The minimum Gasteiger partial charge on any atom is -0.475 e. The largest absolute Gasteiger partial charge is 0.475 e. The van der Waals surface area contributed by atoms with Crippen LogP contribution in [0.4, 0.5) is 0 Å². The Morgan fingerprint density at radius 3 is 2.65 bits per heavy atom. The van der Waals surface area contributed by atoms with Crippen molar-refractivity contribution in [3.05, 3.63) is 47.9 Å². The van der Waals surface area contributed by atoms with Crippen molar-refractivity contribution in [1.29, 1.82) is 0 Å². The molecule has 2 aromatic heterocycles. The average molecular weight is 268 g/mol. The summed E-state index contributed by atoms with van der Waals surface area (Å²) in [6.45, 7) is 2.09. The van der Waals surface area contributed by atoms with Gasteiger partial charge in [-0.1, -0.05) is 31.2 Å². The van der Waals surface area contributed by atoms with Crippen molar-refractivity contribution in [1.82, 2.24) is 19.6 Å². The Bertz CT molecular complexity index is 777. The molecule has 6 nitrogen and oxygen atoms in total. The first-order valence-electron chi connectivity index (χ1n) is 6.23. The second kappa shape index (κ2) is 4.73. The summed E-state index contributed by atoms with van der Waals surface area (Å²) in [5.74, 6) is -1.14. The molecule has 0 amide bonds. The summed E-state index contributed by atoms with van der Waals surface area (Å²) in [6, 6.07) is 9.83. The highest BCUT2D eigenvalue weighted by atomic mass is 16.4. The number of nitrogens with zero attached hydrogens (tertiary/aromatic N) is 4. The maximum atomic E-state index is 10.9. The molecule has 100 valence electrons. The lowest BCUT2D eigenvalue weighted by molar-refractivity contribution is 0.0684. The maximum absolute atomic E-state index is 10.9. The molecule has 0 aliphatic heterocycles. The number of hydrogen-bond donors (Lipinski definition) is 1. The second-order valence-corrected chi connectivity index (χ2v) is 4.33. The fourth-order valence-corrected chi connectivity index (χ4v) is 2.01. The minimum atomic E-state index is -1.16. The Labute approximate surface area is 114 Å². The lowest BCUT2D eigenvalue weighted by Gasteiger charge is -2.04. The number of aryl methyl sites for hydroxylation is 1. The van der Waals surface area contributed by atoms with Gasteiger partial charge in [-0.2, -0.15) is 9.50 Å². The standard InChI is InChI=1S/C14H12N4O2/c1-2-9-3-5-10(6-4-9)11-7-8-15-14-16-12(13(19)20)17-18(11)14/h3-8H,2H2,1H3,(H,19,20). The summed E-state index contributed by atoms with van der Waals surface area (Å²) in [7, 11) is 0. The Kier molecular flexibility index (Phi) is 2.90. The highest BCUT2D eigenvalue weighted by Gasteiger charge is 2.14. The molecule has 0 aliphatic rings. The number of aromatic nitrogens is 4. The van der Waals surface area contributed by atoms with Gasteiger partial charge >= 0.3 is 5.97 Å². The fourth-order valence-electron chi connectivity index (χ4n) is 2.01. The Balaban J connectivity index is 2.16. The molecule has 2 heterocycles. The van der Waals surface area contributed by atoms with Crippen LogP contribution in [0.1, 0.15) is 23.1 Å². The first-order valence-corrected chi connectivity index (χ1v) is 6.23. The molecule has 0 saturated heterocycles. The van der Waals surface area contributed by atoms with Crippen molar-refractivity contribution >= 4 is 11.7 Å². The van der Waals surface area contributed by atoms with Gasteiger partial charge in [-0.3, -0.25) is 0 Å². The third-order valence-corrected chi connectivity index (χ3v) is 3.09. The van der Waals surface area contributed by atoms with Gasteiger partial charge in [0.15, 0.2) is 0 Å². The van der Waals surface area contributed by atoms with Gasteiger partial charge in [-0.15, -0.1) is 5.10 Å². The van der Waals surface area contributed by atoms with Crippen molar-refractivity contribution < 1.29 is 9.90 Å². The number of aromatic carboxylic acids is 1. The maximum Gasteiger partial charge on any atom is 0.375 e. The van der Waals surface area contributed by atoms with Gasteiger partial charge in [0, 0.05) is 11.8 Å². The Morgan fingerprint density at radius 1 is 1.25 bits per heavy atom.